The molecule has 70 valence electrons. The Labute approximate surface area is 79.4 Å². The molecule has 0 saturated heterocycles. The Bertz CT molecular complexity index is 276. The molecule has 1 aromatic rings. The number of aryl methyl sites for hydroxylation is 1. The van der Waals surface area contributed by atoms with E-state index in [0.717, 1.165) is 6.42 Å². The molecular formula is C12H16O. The Balaban J connectivity index is 2.07. The summed E-state index contributed by atoms with van der Waals surface area (Å²) in [7, 11) is 0. The van der Waals surface area contributed by atoms with Crippen LogP contribution in [0.1, 0.15) is 30.4 Å². The number of hydrogen-bond donors (Lipinski definition) is 1. The Morgan fingerprint density at radius 2 is 2.00 bits per heavy atom. The van der Waals surface area contributed by atoms with Gasteiger partial charge in [-0.3, -0.25) is 0 Å². The van der Waals surface area contributed by atoms with Crippen LogP contribution in [0.4, 0.5) is 0 Å². The second kappa shape index (κ2) is 3.51. The summed E-state index contributed by atoms with van der Waals surface area (Å²) in [5.41, 5.74) is 2.79. The van der Waals surface area contributed by atoms with Crippen molar-refractivity contribution in [3.63, 3.8) is 0 Å². The normalized spacial score (nSPS) is 26.0. The van der Waals surface area contributed by atoms with Crippen molar-refractivity contribution in [3.05, 3.63) is 35.4 Å². The summed E-state index contributed by atoms with van der Waals surface area (Å²) in [6.07, 6.45) is 2.27. The van der Waals surface area contributed by atoms with Crippen LogP contribution in [0.3, 0.4) is 0 Å². The Hall–Kier alpha value is -0.820. The van der Waals surface area contributed by atoms with Crippen molar-refractivity contribution in [2.45, 2.75) is 25.7 Å². The third kappa shape index (κ3) is 1.75. The van der Waals surface area contributed by atoms with Gasteiger partial charge < -0.3 is 5.11 Å². The fraction of sp³-hybridized carbons (Fsp3) is 0.500. The molecule has 0 aliphatic heterocycles. The molecule has 1 nitrogen and oxygen atoms in total. The van der Waals surface area contributed by atoms with Gasteiger partial charge in [-0.25, -0.2) is 0 Å². The van der Waals surface area contributed by atoms with Gasteiger partial charge in [-0.1, -0.05) is 31.2 Å². The molecular weight excluding hydrogens is 160 g/mol. The standard InChI is InChI=1S/C12H16O/c1-2-9-3-5-10(6-4-9)12-7-11(12)8-13/h3-6,11-13H,2,7-8H2,1H3/t11-,12+/m0/s1. The van der Waals surface area contributed by atoms with Crippen LogP contribution in [0.15, 0.2) is 24.3 Å². The zero-order valence-electron chi connectivity index (χ0n) is 8.03. The van der Waals surface area contributed by atoms with E-state index in [9.17, 15) is 0 Å². The van der Waals surface area contributed by atoms with Crippen LogP contribution in [-0.2, 0) is 6.42 Å². The summed E-state index contributed by atoms with van der Waals surface area (Å²) in [5, 5.41) is 8.94. The van der Waals surface area contributed by atoms with Crippen molar-refractivity contribution < 1.29 is 5.11 Å². The van der Waals surface area contributed by atoms with Gasteiger partial charge in [0.05, 0.1) is 0 Å². The molecule has 1 aliphatic rings. The lowest BCUT2D eigenvalue weighted by Gasteiger charge is -2.00. The second-order valence-corrected chi connectivity index (χ2v) is 3.88. The molecule has 13 heavy (non-hydrogen) atoms. The predicted molar refractivity (Wildman–Crippen MR) is 53.8 cm³/mol. The predicted octanol–water partition coefficient (Wildman–Crippen LogP) is 2.34. The van der Waals surface area contributed by atoms with Crippen molar-refractivity contribution in [2.24, 2.45) is 5.92 Å². The van der Waals surface area contributed by atoms with Crippen molar-refractivity contribution in [3.8, 4) is 0 Å². The average molecular weight is 176 g/mol. The largest absolute Gasteiger partial charge is 0.396 e. The average Bonchev–Trinajstić information content (AvgIpc) is 2.97. The first-order valence-corrected chi connectivity index (χ1v) is 5.05. The molecule has 2 atom stereocenters. The molecule has 1 saturated carbocycles. The van der Waals surface area contributed by atoms with Crippen LogP contribution >= 0.6 is 0 Å². The van der Waals surface area contributed by atoms with Gasteiger partial charge in [0.25, 0.3) is 0 Å². The van der Waals surface area contributed by atoms with Gasteiger partial charge in [-0.2, -0.15) is 0 Å². The maximum Gasteiger partial charge on any atom is 0.0465 e. The van der Waals surface area contributed by atoms with Gasteiger partial charge in [-0.15, -0.1) is 0 Å². The molecule has 0 unspecified atom stereocenters. The number of aliphatic hydroxyl groups excluding tert-OH is 1. The van der Waals surface area contributed by atoms with Crippen molar-refractivity contribution >= 4 is 0 Å². The van der Waals surface area contributed by atoms with Crippen LogP contribution in [0.2, 0.25) is 0 Å². The van der Waals surface area contributed by atoms with Crippen molar-refractivity contribution in [1.29, 1.82) is 0 Å². The first-order chi connectivity index (χ1) is 6.35. The number of benzene rings is 1. The topological polar surface area (TPSA) is 20.2 Å². The SMILES string of the molecule is CCc1ccc([C@H]2C[C@H]2CO)cc1. The lowest BCUT2D eigenvalue weighted by atomic mass is 10.1. The van der Waals surface area contributed by atoms with E-state index in [4.69, 9.17) is 5.11 Å². The minimum Gasteiger partial charge on any atom is -0.396 e. The molecule has 1 fully saturated rings. The zero-order chi connectivity index (χ0) is 9.26. The smallest absolute Gasteiger partial charge is 0.0465 e. The summed E-state index contributed by atoms with van der Waals surface area (Å²) < 4.78 is 0. The minimum atomic E-state index is 0.347. The van der Waals surface area contributed by atoms with Crippen molar-refractivity contribution in [2.75, 3.05) is 6.61 Å². The first kappa shape index (κ1) is 8.76. The highest BCUT2D eigenvalue weighted by atomic mass is 16.3. The van der Waals surface area contributed by atoms with E-state index >= 15 is 0 Å². The second-order valence-electron chi connectivity index (χ2n) is 3.88. The van der Waals surface area contributed by atoms with Crippen LogP contribution in [0.25, 0.3) is 0 Å². The number of hydrogen-bond acceptors (Lipinski definition) is 1. The van der Waals surface area contributed by atoms with Gasteiger partial charge in [-0.05, 0) is 35.8 Å². The van der Waals surface area contributed by atoms with Gasteiger partial charge in [0.2, 0.25) is 0 Å². The Morgan fingerprint density at radius 1 is 1.31 bits per heavy atom. The van der Waals surface area contributed by atoms with Crippen LogP contribution < -0.4 is 0 Å². The molecule has 0 aromatic heterocycles. The van der Waals surface area contributed by atoms with Gasteiger partial charge in [0.1, 0.15) is 0 Å². The van der Waals surface area contributed by atoms with E-state index < -0.39 is 0 Å². The highest BCUT2D eigenvalue weighted by molar-refractivity contribution is 5.29. The highest BCUT2D eigenvalue weighted by Crippen LogP contribution is 2.46. The third-order valence-electron chi connectivity index (χ3n) is 2.97. The molecule has 1 N–H and O–H groups in total. The van der Waals surface area contributed by atoms with Crippen LogP contribution in [0.5, 0.6) is 0 Å². The monoisotopic (exact) mass is 176 g/mol. The van der Waals surface area contributed by atoms with E-state index in [1.54, 1.807) is 0 Å². The number of rotatable bonds is 3. The molecule has 1 aromatic carbocycles. The first-order valence-electron chi connectivity index (χ1n) is 5.05. The van der Waals surface area contributed by atoms with Crippen molar-refractivity contribution in [1.82, 2.24) is 0 Å². The summed E-state index contributed by atoms with van der Waals surface area (Å²) >= 11 is 0. The lowest BCUT2D eigenvalue weighted by Crippen LogP contribution is -1.89. The number of aliphatic hydroxyl groups is 1. The summed E-state index contributed by atoms with van der Waals surface area (Å²) in [4.78, 5) is 0. The third-order valence-corrected chi connectivity index (χ3v) is 2.97. The van der Waals surface area contributed by atoms with E-state index in [-0.39, 0.29) is 0 Å². The fourth-order valence-corrected chi connectivity index (χ4v) is 1.86. The van der Waals surface area contributed by atoms with Crippen LogP contribution in [-0.4, -0.2) is 11.7 Å². The molecule has 0 spiro atoms. The van der Waals surface area contributed by atoms with E-state index in [0.29, 0.717) is 18.4 Å². The van der Waals surface area contributed by atoms with E-state index in [1.165, 1.54) is 17.5 Å². The summed E-state index contributed by atoms with van der Waals surface area (Å²) in [6.45, 7) is 2.52. The van der Waals surface area contributed by atoms with Crippen LogP contribution in [0, 0.1) is 5.92 Å². The summed E-state index contributed by atoms with van der Waals surface area (Å²) in [6, 6.07) is 8.81. The molecule has 1 heteroatoms. The summed E-state index contributed by atoms with van der Waals surface area (Å²) in [5.74, 6) is 1.17. The zero-order valence-corrected chi connectivity index (χ0v) is 8.03. The Morgan fingerprint density at radius 3 is 2.46 bits per heavy atom. The molecule has 0 bridgehead atoms. The molecule has 0 heterocycles. The van der Waals surface area contributed by atoms with Gasteiger partial charge in [0, 0.05) is 6.61 Å². The van der Waals surface area contributed by atoms with E-state index in [1.807, 2.05) is 0 Å². The highest BCUT2D eigenvalue weighted by Gasteiger charge is 2.37. The maximum atomic E-state index is 8.94. The van der Waals surface area contributed by atoms with Gasteiger partial charge in [0.15, 0.2) is 0 Å². The molecule has 2 rings (SSSR count). The van der Waals surface area contributed by atoms with E-state index in [2.05, 4.69) is 31.2 Å². The Kier molecular flexibility index (Phi) is 2.36. The lowest BCUT2D eigenvalue weighted by molar-refractivity contribution is 0.274. The quantitative estimate of drug-likeness (QED) is 0.749. The molecule has 0 amide bonds. The fourth-order valence-electron chi connectivity index (χ4n) is 1.86. The maximum absolute atomic E-state index is 8.94. The van der Waals surface area contributed by atoms with Gasteiger partial charge >= 0.3 is 0 Å². The molecule has 1 aliphatic carbocycles. The molecule has 0 radical (unpaired) electrons. The minimum absolute atomic E-state index is 0.347.